The molecule has 4 rings (SSSR count). The van der Waals surface area contributed by atoms with Crippen LogP contribution in [0.15, 0.2) is 72.8 Å². The molecule has 0 radical (unpaired) electrons. The molecule has 0 fully saturated rings. The van der Waals surface area contributed by atoms with Crippen molar-refractivity contribution in [2.45, 2.75) is 0 Å². The lowest BCUT2D eigenvalue weighted by atomic mass is 9.90. The maximum Gasteiger partial charge on any atom is 0.335 e. The number of carboxylic acid groups (broad SMARTS) is 3. The van der Waals surface area contributed by atoms with Crippen LogP contribution < -0.4 is 16.4 Å². The summed E-state index contributed by atoms with van der Waals surface area (Å²) in [5.41, 5.74) is 12.3. The van der Waals surface area contributed by atoms with Gasteiger partial charge in [-0.15, -0.1) is 0 Å². The first-order valence-corrected chi connectivity index (χ1v) is 11.5. The summed E-state index contributed by atoms with van der Waals surface area (Å²) in [5, 5.41) is 34.3. The Morgan fingerprint density at radius 3 is 1.24 bits per heavy atom. The number of nitrogen functional groups attached to an aromatic ring is 1. The maximum atomic E-state index is 11.5. The minimum atomic E-state index is -1.09. The van der Waals surface area contributed by atoms with Crippen LogP contribution in [-0.2, 0) is 0 Å². The Morgan fingerprint density at radius 1 is 0.553 bits per heavy atom. The molecule has 0 unspecified atom stereocenters. The molecule has 4 aromatic rings. The third kappa shape index (κ3) is 4.98. The van der Waals surface area contributed by atoms with Crippen LogP contribution in [0.2, 0.25) is 0 Å². The van der Waals surface area contributed by atoms with E-state index in [0.717, 1.165) is 22.3 Å². The highest BCUT2D eigenvalue weighted by Crippen LogP contribution is 2.39. The molecular weight excluding hydrogens is 486 g/mol. The Balaban J connectivity index is 1.99. The molecule has 0 aliphatic heterocycles. The Bertz CT molecular complexity index is 1510. The molecule has 9 heteroatoms. The van der Waals surface area contributed by atoms with E-state index in [9.17, 15) is 29.7 Å². The van der Waals surface area contributed by atoms with Gasteiger partial charge in [-0.3, -0.25) is 0 Å². The molecule has 0 aliphatic rings. The topological polar surface area (TPSA) is 162 Å². The van der Waals surface area contributed by atoms with Gasteiger partial charge in [0.1, 0.15) is 0 Å². The lowest BCUT2D eigenvalue weighted by Crippen LogP contribution is -2.01. The van der Waals surface area contributed by atoms with E-state index in [4.69, 9.17) is 5.73 Å². The molecule has 0 saturated carbocycles. The number of rotatable bonds is 8. The number of nitrogens with one attached hydrogen (secondary N) is 2. The summed E-state index contributed by atoms with van der Waals surface area (Å²) in [5.74, 6) is -3.19. The van der Waals surface area contributed by atoms with Gasteiger partial charge in [0.05, 0.1) is 16.7 Å². The number of hydrogen-bond acceptors (Lipinski definition) is 6. The summed E-state index contributed by atoms with van der Waals surface area (Å²) in [6.07, 6.45) is 0. The van der Waals surface area contributed by atoms with Crippen molar-refractivity contribution in [1.82, 2.24) is 0 Å². The summed E-state index contributed by atoms with van der Waals surface area (Å²) in [7, 11) is 3.39. The zero-order valence-electron chi connectivity index (χ0n) is 20.6. The molecule has 0 aliphatic carbocycles. The molecular formula is C29H25N3O6. The predicted molar refractivity (Wildman–Crippen MR) is 147 cm³/mol. The molecule has 7 N–H and O–H groups in total. The second kappa shape index (κ2) is 10.4. The second-order valence-electron chi connectivity index (χ2n) is 8.54. The first-order valence-electron chi connectivity index (χ1n) is 11.5. The lowest BCUT2D eigenvalue weighted by Gasteiger charge is -2.17. The molecule has 0 bridgehead atoms. The van der Waals surface area contributed by atoms with Crippen molar-refractivity contribution in [2.75, 3.05) is 30.5 Å². The van der Waals surface area contributed by atoms with Crippen molar-refractivity contribution in [1.29, 1.82) is 0 Å². The van der Waals surface area contributed by atoms with Crippen LogP contribution >= 0.6 is 0 Å². The molecule has 0 amide bonds. The van der Waals surface area contributed by atoms with Gasteiger partial charge in [0.15, 0.2) is 0 Å². The zero-order valence-corrected chi connectivity index (χ0v) is 20.6. The fourth-order valence-corrected chi connectivity index (χ4v) is 4.32. The summed E-state index contributed by atoms with van der Waals surface area (Å²) < 4.78 is 0. The van der Waals surface area contributed by atoms with Crippen LogP contribution in [0.5, 0.6) is 0 Å². The Labute approximate surface area is 218 Å². The average molecular weight is 512 g/mol. The van der Waals surface area contributed by atoms with Gasteiger partial charge in [-0.1, -0.05) is 18.2 Å². The van der Waals surface area contributed by atoms with Crippen LogP contribution in [0.1, 0.15) is 31.1 Å². The van der Waals surface area contributed by atoms with Gasteiger partial charge in [-0.2, -0.15) is 0 Å². The predicted octanol–water partition coefficient (Wildman–Crippen LogP) is 5.45. The van der Waals surface area contributed by atoms with E-state index in [-0.39, 0.29) is 22.4 Å². The van der Waals surface area contributed by atoms with Crippen molar-refractivity contribution < 1.29 is 29.7 Å². The highest BCUT2D eigenvalue weighted by atomic mass is 16.4. The second-order valence-corrected chi connectivity index (χ2v) is 8.54. The molecule has 0 saturated heterocycles. The van der Waals surface area contributed by atoms with Gasteiger partial charge < -0.3 is 31.7 Å². The summed E-state index contributed by atoms with van der Waals surface area (Å²) >= 11 is 0. The quantitative estimate of drug-likeness (QED) is 0.169. The van der Waals surface area contributed by atoms with Crippen LogP contribution in [-0.4, -0.2) is 47.3 Å². The summed E-state index contributed by atoms with van der Waals surface area (Å²) in [6, 6.07) is 19.7. The number of aromatic carboxylic acids is 3. The van der Waals surface area contributed by atoms with E-state index in [1.54, 1.807) is 44.4 Å². The Hall–Kier alpha value is -5.31. The largest absolute Gasteiger partial charge is 0.478 e. The first-order chi connectivity index (χ1) is 18.1. The SMILES string of the molecule is CNc1cc(C(=O)O)ccc1-c1cc(-c2ccc(C(=O)O)cc2N)cc(-c2ccc(C(=O)O)cc2NC)c1. The van der Waals surface area contributed by atoms with E-state index in [2.05, 4.69) is 10.6 Å². The highest BCUT2D eigenvalue weighted by Gasteiger charge is 2.16. The van der Waals surface area contributed by atoms with Crippen LogP contribution in [0.3, 0.4) is 0 Å². The maximum absolute atomic E-state index is 11.5. The molecule has 0 aromatic heterocycles. The fraction of sp³-hybridized carbons (Fsp3) is 0.0690. The van der Waals surface area contributed by atoms with Crippen LogP contribution in [0, 0.1) is 0 Å². The standard InChI is InChI=1S/C29H25N3O6/c1-31-25-13-16(28(35)36)4-7-22(25)19-9-18(21-6-3-15(27(33)34)12-24(21)30)10-20(11-19)23-8-5-17(29(37)38)14-26(23)32-2/h3-14,31-32H,30H2,1-2H3,(H,33,34)(H,35,36)(H,37,38). The number of carboxylic acids is 3. The fourth-order valence-electron chi connectivity index (χ4n) is 4.32. The molecule has 0 atom stereocenters. The lowest BCUT2D eigenvalue weighted by molar-refractivity contribution is 0.0686. The van der Waals surface area contributed by atoms with Crippen molar-refractivity contribution in [3.05, 3.63) is 89.5 Å². The van der Waals surface area contributed by atoms with Gasteiger partial charge in [-0.25, -0.2) is 14.4 Å². The third-order valence-corrected chi connectivity index (χ3v) is 6.24. The van der Waals surface area contributed by atoms with E-state index < -0.39 is 17.9 Å². The summed E-state index contributed by atoms with van der Waals surface area (Å²) in [4.78, 5) is 34.5. The summed E-state index contributed by atoms with van der Waals surface area (Å²) in [6.45, 7) is 0. The Morgan fingerprint density at radius 2 is 0.895 bits per heavy atom. The molecule has 192 valence electrons. The van der Waals surface area contributed by atoms with Crippen LogP contribution in [0.25, 0.3) is 33.4 Å². The normalized spacial score (nSPS) is 10.6. The molecule has 9 nitrogen and oxygen atoms in total. The van der Waals surface area contributed by atoms with Crippen molar-refractivity contribution >= 4 is 35.0 Å². The van der Waals surface area contributed by atoms with Gasteiger partial charge >= 0.3 is 17.9 Å². The van der Waals surface area contributed by atoms with Crippen LogP contribution in [0.4, 0.5) is 17.1 Å². The van der Waals surface area contributed by atoms with E-state index >= 15 is 0 Å². The molecule has 0 spiro atoms. The number of hydrogen-bond donors (Lipinski definition) is 6. The molecule has 38 heavy (non-hydrogen) atoms. The highest BCUT2D eigenvalue weighted by molar-refractivity contribution is 5.97. The van der Waals surface area contributed by atoms with Crippen molar-refractivity contribution in [3.8, 4) is 33.4 Å². The Kier molecular flexibility index (Phi) is 7.02. The van der Waals surface area contributed by atoms with E-state index in [1.807, 2.05) is 18.2 Å². The average Bonchev–Trinajstić information content (AvgIpc) is 2.91. The number of nitrogens with two attached hydrogens (primary N) is 1. The molecule has 4 aromatic carbocycles. The number of carbonyl (C=O) groups is 3. The monoisotopic (exact) mass is 511 g/mol. The van der Waals surface area contributed by atoms with Gasteiger partial charge in [0.25, 0.3) is 0 Å². The van der Waals surface area contributed by atoms with Crippen molar-refractivity contribution in [2.24, 2.45) is 0 Å². The van der Waals surface area contributed by atoms with Gasteiger partial charge in [0.2, 0.25) is 0 Å². The zero-order chi connectivity index (χ0) is 27.6. The van der Waals surface area contributed by atoms with E-state index in [1.165, 1.54) is 24.3 Å². The van der Waals surface area contributed by atoms with Gasteiger partial charge in [0, 0.05) is 47.8 Å². The first kappa shape index (κ1) is 25.8. The molecule has 0 heterocycles. The minimum absolute atomic E-state index is 0.0612. The van der Waals surface area contributed by atoms with E-state index in [0.29, 0.717) is 22.5 Å². The van der Waals surface area contributed by atoms with Crippen molar-refractivity contribution in [3.63, 3.8) is 0 Å². The third-order valence-electron chi connectivity index (χ3n) is 6.24. The number of anilines is 3. The smallest absolute Gasteiger partial charge is 0.335 e. The number of benzene rings is 4. The van der Waals surface area contributed by atoms with Gasteiger partial charge in [-0.05, 0) is 71.3 Å². The minimum Gasteiger partial charge on any atom is -0.478 e.